The normalized spacial score (nSPS) is 11.3. The first kappa shape index (κ1) is 18.9. The van der Waals surface area contributed by atoms with E-state index in [4.69, 9.17) is 4.74 Å². The van der Waals surface area contributed by atoms with E-state index in [1.165, 1.54) is 4.88 Å². The monoisotopic (exact) mass is 363 g/mol. The van der Waals surface area contributed by atoms with Gasteiger partial charge in [0.15, 0.2) is 0 Å². The summed E-state index contributed by atoms with van der Waals surface area (Å²) >= 11 is 3.36. The molecule has 0 atom stereocenters. The Labute approximate surface area is 153 Å². The lowest BCUT2D eigenvalue weighted by molar-refractivity contribution is -0.129. The molecule has 0 radical (unpaired) electrons. The predicted molar refractivity (Wildman–Crippen MR) is 104 cm³/mol. The summed E-state index contributed by atoms with van der Waals surface area (Å²) in [6, 6.07) is 12.0. The van der Waals surface area contributed by atoms with E-state index in [9.17, 15) is 4.79 Å². The highest BCUT2D eigenvalue weighted by Crippen LogP contribution is 2.26. The van der Waals surface area contributed by atoms with E-state index in [1.54, 1.807) is 30.2 Å². The Morgan fingerprint density at radius 3 is 2.54 bits per heavy atom. The van der Waals surface area contributed by atoms with Crippen LogP contribution in [0.2, 0.25) is 0 Å². The van der Waals surface area contributed by atoms with Gasteiger partial charge in [0, 0.05) is 21.7 Å². The van der Waals surface area contributed by atoms with E-state index in [2.05, 4.69) is 26.8 Å². The van der Waals surface area contributed by atoms with Crippen LogP contribution < -0.4 is 4.74 Å². The molecule has 0 N–H and O–H groups in total. The predicted octanol–water partition coefficient (Wildman–Crippen LogP) is 4.82. The molecule has 0 aliphatic carbocycles. The van der Waals surface area contributed by atoms with E-state index in [0.29, 0.717) is 18.8 Å². The van der Waals surface area contributed by atoms with Crippen molar-refractivity contribution >= 4 is 29.0 Å². The van der Waals surface area contributed by atoms with E-state index in [0.717, 1.165) is 11.3 Å². The smallest absolute Gasteiger partial charge is 0.233 e. The maximum Gasteiger partial charge on any atom is 0.233 e. The molecule has 0 fully saturated rings. The molecule has 0 spiro atoms. The molecule has 1 heterocycles. The van der Waals surface area contributed by atoms with Gasteiger partial charge in [-0.05, 0) is 17.5 Å². The average Bonchev–Trinajstić information content (AvgIpc) is 3.05. The summed E-state index contributed by atoms with van der Waals surface area (Å²) in [5.41, 5.74) is 1.03. The average molecular weight is 364 g/mol. The van der Waals surface area contributed by atoms with Crippen LogP contribution in [0.3, 0.4) is 0 Å². The minimum atomic E-state index is 0.0781. The third-order valence-electron chi connectivity index (χ3n) is 3.46. The van der Waals surface area contributed by atoms with Crippen molar-refractivity contribution in [3.8, 4) is 5.75 Å². The summed E-state index contributed by atoms with van der Waals surface area (Å²) in [5.74, 6) is 1.48. The zero-order chi connectivity index (χ0) is 17.6. The highest BCUT2D eigenvalue weighted by atomic mass is 32.2. The molecule has 1 aromatic heterocycles. The van der Waals surface area contributed by atoms with Gasteiger partial charge in [-0.25, -0.2) is 0 Å². The molecule has 0 bridgehead atoms. The lowest BCUT2D eigenvalue weighted by atomic mass is 10.2. The van der Waals surface area contributed by atoms with Gasteiger partial charge in [0.25, 0.3) is 0 Å². The fourth-order valence-electron chi connectivity index (χ4n) is 2.23. The highest BCUT2D eigenvalue weighted by Gasteiger charge is 2.20. The van der Waals surface area contributed by atoms with Crippen molar-refractivity contribution in [3.63, 3.8) is 0 Å². The number of rotatable bonds is 7. The maximum atomic E-state index is 12.8. The van der Waals surface area contributed by atoms with Crippen molar-refractivity contribution in [2.75, 3.05) is 12.9 Å². The molecule has 3 nitrogen and oxygen atoms in total. The van der Waals surface area contributed by atoms with Crippen LogP contribution in [-0.4, -0.2) is 28.4 Å². The van der Waals surface area contributed by atoms with Crippen LogP contribution in [0, 0.1) is 0 Å². The van der Waals surface area contributed by atoms with Crippen molar-refractivity contribution in [1.82, 2.24) is 4.90 Å². The second kappa shape index (κ2) is 8.58. The van der Waals surface area contributed by atoms with Gasteiger partial charge in [-0.1, -0.05) is 45.0 Å². The Morgan fingerprint density at radius 1 is 1.17 bits per heavy atom. The second-order valence-corrected chi connectivity index (χ2v) is 9.38. The number of ether oxygens (including phenoxy) is 1. The molecular formula is C19H25NO2S2. The summed E-state index contributed by atoms with van der Waals surface area (Å²) in [5, 5.41) is 2.05. The maximum absolute atomic E-state index is 12.8. The number of carbonyl (C=O) groups is 1. The van der Waals surface area contributed by atoms with Gasteiger partial charge in [-0.3, -0.25) is 4.79 Å². The Kier molecular flexibility index (Phi) is 6.75. The van der Waals surface area contributed by atoms with Gasteiger partial charge < -0.3 is 9.64 Å². The number of carbonyl (C=O) groups excluding carboxylic acids is 1. The Morgan fingerprint density at radius 2 is 1.92 bits per heavy atom. The molecule has 1 aromatic carbocycles. The topological polar surface area (TPSA) is 29.5 Å². The summed E-state index contributed by atoms with van der Waals surface area (Å²) < 4.78 is 5.51. The molecular weight excluding hydrogens is 338 g/mol. The minimum Gasteiger partial charge on any atom is -0.496 e. The molecule has 0 saturated carbocycles. The number of nitrogens with zero attached hydrogens (tertiary/aromatic N) is 1. The zero-order valence-electron chi connectivity index (χ0n) is 14.7. The molecule has 2 aromatic rings. The quantitative estimate of drug-likeness (QED) is 0.706. The van der Waals surface area contributed by atoms with Gasteiger partial charge in [-0.2, -0.15) is 0 Å². The molecule has 0 aliphatic rings. The molecule has 130 valence electrons. The van der Waals surface area contributed by atoms with Crippen molar-refractivity contribution in [3.05, 3.63) is 52.2 Å². The SMILES string of the molecule is COc1ccccc1CN(Cc1cccs1)C(=O)CSC(C)(C)C. The Balaban J connectivity index is 2.14. The van der Waals surface area contributed by atoms with Crippen LogP contribution in [0.25, 0.3) is 0 Å². The number of thiophene rings is 1. The van der Waals surface area contributed by atoms with E-state index in [-0.39, 0.29) is 10.7 Å². The Bertz CT molecular complexity index is 648. The third kappa shape index (κ3) is 5.87. The van der Waals surface area contributed by atoms with Crippen LogP contribution in [0.5, 0.6) is 5.75 Å². The first-order valence-corrected chi connectivity index (χ1v) is 9.81. The third-order valence-corrected chi connectivity index (χ3v) is 5.58. The summed E-state index contributed by atoms with van der Waals surface area (Å²) in [4.78, 5) is 15.9. The summed E-state index contributed by atoms with van der Waals surface area (Å²) in [7, 11) is 1.67. The van der Waals surface area contributed by atoms with Crippen LogP contribution in [0.1, 0.15) is 31.2 Å². The van der Waals surface area contributed by atoms with E-state index in [1.807, 2.05) is 40.6 Å². The molecule has 5 heteroatoms. The summed E-state index contributed by atoms with van der Waals surface area (Å²) in [6.45, 7) is 7.60. The first-order chi connectivity index (χ1) is 11.4. The van der Waals surface area contributed by atoms with Gasteiger partial charge in [0.1, 0.15) is 5.75 Å². The van der Waals surface area contributed by atoms with Gasteiger partial charge >= 0.3 is 0 Å². The second-order valence-electron chi connectivity index (χ2n) is 6.54. The lowest BCUT2D eigenvalue weighted by Gasteiger charge is -2.25. The van der Waals surface area contributed by atoms with Crippen molar-refractivity contribution in [2.45, 2.75) is 38.6 Å². The van der Waals surface area contributed by atoms with Gasteiger partial charge in [0.05, 0.1) is 19.4 Å². The Hall–Kier alpha value is -1.46. The number of methoxy groups -OCH3 is 1. The highest BCUT2D eigenvalue weighted by molar-refractivity contribution is 8.01. The zero-order valence-corrected chi connectivity index (χ0v) is 16.4. The number of hydrogen-bond donors (Lipinski definition) is 0. The van der Waals surface area contributed by atoms with Crippen LogP contribution in [0.15, 0.2) is 41.8 Å². The van der Waals surface area contributed by atoms with Crippen molar-refractivity contribution in [2.24, 2.45) is 0 Å². The molecule has 24 heavy (non-hydrogen) atoms. The fraction of sp³-hybridized carbons (Fsp3) is 0.421. The van der Waals surface area contributed by atoms with E-state index < -0.39 is 0 Å². The van der Waals surface area contributed by atoms with Crippen LogP contribution in [0.4, 0.5) is 0 Å². The molecule has 1 amide bonds. The fourth-order valence-corrected chi connectivity index (χ4v) is 3.69. The van der Waals surface area contributed by atoms with Gasteiger partial charge in [-0.15, -0.1) is 23.1 Å². The summed E-state index contributed by atoms with van der Waals surface area (Å²) in [6.07, 6.45) is 0. The van der Waals surface area contributed by atoms with Gasteiger partial charge in [0.2, 0.25) is 5.91 Å². The lowest BCUT2D eigenvalue weighted by Crippen LogP contribution is -2.32. The molecule has 0 unspecified atom stereocenters. The number of para-hydroxylation sites is 1. The van der Waals surface area contributed by atoms with Crippen molar-refractivity contribution in [1.29, 1.82) is 0 Å². The van der Waals surface area contributed by atoms with Crippen molar-refractivity contribution < 1.29 is 9.53 Å². The molecule has 2 rings (SSSR count). The van der Waals surface area contributed by atoms with Crippen LogP contribution >= 0.6 is 23.1 Å². The number of thioether (sulfide) groups is 1. The molecule has 0 aliphatic heterocycles. The molecule has 0 saturated heterocycles. The van der Waals surface area contributed by atoms with Crippen LogP contribution in [-0.2, 0) is 17.9 Å². The standard InChI is InChI=1S/C19H25NO2S2/c1-19(2,3)24-14-18(21)20(13-16-9-7-11-23-16)12-15-8-5-6-10-17(15)22-4/h5-11H,12-14H2,1-4H3. The number of benzene rings is 1. The first-order valence-electron chi connectivity index (χ1n) is 7.95. The minimum absolute atomic E-state index is 0.0781. The number of hydrogen-bond acceptors (Lipinski definition) is 4. The largest absolute Gasteiger partial charge is 0.496 e. The van der Waals surface area contributed by atoms with E-state index >= 15 is 0 Å². The number of amides is 1.